The fourth-order valence-corrected chi connectivity index (χ4v) is 9.13. The number of aliphatic hydroxyl groups excluding tert-OH is 8. The van der Waals surface area contributed by atoms with Gasteiger partial charge >= 0.3 is 0 Å². The lowest BCUT2D eigenvalue weighted by Gasteiger charge is -2.46. The van der Waals surface area contributed by atoms with E-state index in [2.05, 4.69) is 116 Å². The topological polar surface area (TPSA) is 228 Å². The van der Waals surface area contributed by atoms with Gasteiger partial charge in [0.05, 0.1) is 32.0 Å². The van der Waals surface area contributed by atoms with Crippen LogP contribution in [0.25, 0.3) is 0 Å². The summed E-state index contributed by atoms with van der Waals surface area (Å²) in [7, 11) is 0. The molecule has 2 heterocycles. The average Bonchev–Trinajstić information content (AvgIpc) is 3.47. The molecule has 78 heavy (non-hydrogen) atoms. The molecule has 0 aromatic rings. The molecule has 0 saturated carbocycles. The lowest BCUT2D eigenvalue weighted by molar-refractivity contribution is -0.359. The van der Waals surface area contributed by atoms with Gasteiger partial charge in [-0.3, -0.25) is 4.79 Å². The zero-order valence-electron chi connectivity index (χ0n) is 47.9. The molecule has 14 heteroatoms. The van der Waals surface area contributed by atoms with Crippen LogP contribution in [-0.2, 0) is 23.7 Å². The van der Waals surface area contributed by atoms with Gasteiger partial charge in [0.1, 0.15) is 48.8 Å². The lowest BCUT2D eigenvalue weighted by atomic mass is 9.97. The quantitative estimate of drug-likeness (QED) is 0.0204. The minimum Gasteiger partial charge on any atom is -0.394 e. The van der Waals surface area contributed by atoms with Gasteiger partial charge < -0.3 is 65.1 Å². The van der Waals surface area contributed by atoms with Crippen molar-refractivity contribution in [2.75, 3.05) is 19.8 Å². The third-order valence-electron chi connectivity index (χ3n) is 14.0. The normalized spacial score (nSPS) is 25.4. The predicted octanol–water partition coefficient (Wildman–Crippen LogP) is 10.4. The number of carbonyl (C=O) groups is 1. The number of ether oxygens (including phenoxy) is 4. The fourth-order valence-electron chi connectivity index (χ4n) is 9.13. The van der Waals surface area contributed by atoms with Crippen LogP contribution in [0.2, 0.25) is 0 Å². The number of aliphatic hydroxyl groups is 8. The third-order valence-corrected chi connectivity index (χ3v) is 14.0. The molecule has 12 atom stereocenters. The van der Waals surface area contributed by atoms with Gasteiger partial charge in [0, 0.05) is 6.42 Å². The molecule has 2 rings (SSSR count). The monoisotopic (exact) mass is 1100 g/mol. The number of amides is 1. The van der Waals surface area contributed by atoms with E-state index >= 15 is 0 Å². The summed E-state index contributed by atoms with van der Waals surface area (Å²) < 4.78 is 22.7. The molecule has 2 aliphatic rings. The smallest absolute Gasteiger partial charge is 0.220 e. The van der Waals surface area contributed by atoms with Crippen molar-refractivity contribution in [1.82, 2.24) is 5.32 Å². The molecule has 2 saturated heterocycles. The Morgan fingerprint density at radius 2 is 0.885 bits per heavy atom. The Hall–Kier alpha value is -3.35. The summed E-state index contributed by atoms with van der Waals surface area (Å²) >= 11 is 0. The van der Waals surface area contributed by atoms with E-state index in [0.29, 0.717) is 6.42 Å². The third kappa shape index (κ3) is 33.4. The molecule has 0 radical (unpaired) electrons. The van der Waals surface area contributed by atoms with E-state index in [4.69, 9.17) is 18.9 Å². The Labute approximate surface area is 470 Å². The van der Waals surface area contributed by atoms with Crippen molar-refractivity contribution in [1.29, 1.82) is 0 Å². The first-order valence-corrected chi connectivity index (χ1v) is 30.1. The minimum atomic E-state index is -1.79. The van der Waals surface area contributed by atoms with Gasteiger partial charge in [-0.2, -0.15) is 0 Å². The summed E-state index contributed by atoms with van der Waals surface area (Å²) in [5.74, 6) is -0.255. The van der Waals surface area contributed by atoms with Gasteiger partial charge in [0.2, 0.25) is 5.91 Å². The van der Waals surface area contributed by atoms with Gasteiger partial charge in [0.25, 0.3) is 0 Å². The zero-order chi connectivity index (χ0) is 56.7. The van der Waals surface area contributed by atoms with Crippen LogP contribution in [0.15, 0.2) is 109 Å². The van der Waals surface area contributed by atoms with Crippen LogP contribution in [0.5, 0.6) is 0 Å². The molecular weight excluding hydrogens is 991 g/mol. The Morgan fingerprint density at radius 3 is 1.36 bits per heavy atom. The summed E-state index contributed by atoms with van der Waals surface area (Å²) in [5, 5.41) is 86.9. The molecule has 2 aliphatic heterocycles. The van der Waals surface area contributed by atoms with E-state index in [1.54, 1.807) is 6.08 Å². The molecular formula is C64H107NO13. The van der Waals surface area contributed by atoms with Crippen LogP contribution in [-0.4, -0.2) is 140 Å². The van der Waals surface area contributed by atoms with Gasteiger partial charge in [-0.25, -0.2) is 0 Å². The van der Waals surface area contributed by atoms with Crippen LogP contribution in [0, 0.1) is 0 Å². The molecule has 0 spiro atoms. The molecule has 0 aliphatic carbocycles. The van der Waals surface area contributed by atoms with E-state index in [1.807, 2.05) is 6.08 Å². The molecule has 14 nitrogen and oxygen atoms in total. The van der Waals surface area contributed by atoms with Crippen LogP contribution in [0.4, 0.5) is 0 Å². The van der Waals surface area contributed by atoms with Crippen molar-refractivity contribution in [3.63, 3.8) is 0 Å². The van der Waals surface area contributed by atoms with Gasteiger partial charge in [-0.15, -0.1) is 0 Å². The predicted molar refractivity (Wildman–Crippen MR) is 313 cm³/mol. The molecule has 0 aromatic heterocycles. The van der Waals surface area contributed by atoms with Crippen molar-refractivity contribution in [3.05, 3.63) is 109 Å². The highest BCUT2D eigenvalue weighted by Crippen LogP contribution is 2.30. The van der Waals surface area contributed by atoms with Crippen molar-refractivity contribution in [2.45, 2.75) is 267 Å². The van der Waals surface area contributed by atoms with Crippen LogP contribution >= 0.6 is 0 Å². The highest BCUT2D eigenvalue weighted by Gasteiger charge is 2.51. The number of unbranched alkanes of at least 4 members (excludes halogenated alkanes) is 17. The maximum absolute atomic E-state index is 13.2. The molecule has 0 aromatic carbocycles. The second kappa shape index (κ2) is 48.4. The maximum Gasteiger partial charge on any atom is 0.220 e. The Morgan fingerprint density at radius 1 is 0.474 bits per heavy atom. The largest absolute Gasteiger partial charge is 0.394 e. The molecule has 0 bridgehead atoms. The first-order valence-electron chi connectivity index (χ1n) is 30.1. The number of carbonyl (C=O) groups excluding carboxylic acids is 1. The number of allylic oxidation sites excluding steroid dienone is 17. The van der Waals surface area contributed by atoms with E-state index in [0.717, 1.165) is 103 Å². The lowest BCUT2D eigenvalue weighted by Crippen LogP contribution is -2.65. The first-order chi connectivity index (χ1) is 38.1. The number of hydrogen-bond donors (Lipinski definition) is 9. The van der Waals surface area contributed by atoms with Gasteiger partial charge in [-0.05, 0) is 83.5 Å². The highest BCUT2D eigenvalue weighted by molar-refractivity contribution is 5.76. The standard InChI is InChI=1S/C64H107NO13/c1-3-5-7-9-11-13-15-16-17-18-19-20-21-22-23-24-25-26-27-28-29-30-31-32-33-34-35-36-38-40-42-44-46-48-56(69)65-52(53(68)47-45-43-41-39-37-14-12-10-8-6-4-2)51-75-63-61(74)59(72)62(55(50-67)77-63)78-64-60(73)58(71)57(70)54(49-66)76-64/h5,7,11,13,16-17,19-20,22-23,25-26,28-29,31-32,45,47,52-55,57-64,66-68,70-74H,3-4,6,8-10,12,14-15,18,21,24,27,30,33-44,46,48-51H2,1-2H3,(H,65,69)/b7-5-,13-11-,17-16-,20-19-,23-22-,26-25-,29-28-,32-31-,47-45+. The van der Waals surface area contributed by atoms with Crippen LogP contribution in [0.3, 0.4) is 0 Å². The van der Waals surface area contributed by atoms with Crippen molar-refractivity contribution >= 4 is 5.91 Å². The Balaban J connectivity index is 1.68. The summed E-state index contributed by atoms with van der Waals surface area (Å²) in [6.07, 6.45) is 51.4. The molecule has 12 unspecified atom stereocenters. The second-order valence-corrected chi connectivity index (χ2v) is 20.7. The first kappa shape index (κ1) is 70.8. The summed E-state index contributed by atoms with van der Waals surface area (Å²) in [4.78, 5) is 13.2. The number of hydrogen-bond acceptors (Lipinski definition) is 13. The van der Waals surface area contributed by atoms with Crippen molar-refractivity contribution in [2.24, 2.45) is 0 Å². The van der Waals surface area contributed by atoms with Crippen LogP contribution < -0.4 is 5.32 Å². The van der Waals surface area contributed by atoms with E-state index in [-0.39, 0.29) is 18.9 Å². The number of rotatable bonds is 46. The number of nitrogens with one attached hydrogen (secondary N) is 1. The molecule has 1 amide bonds. The summed E-state index contributed by atoms with van der Waals surface area (Å²) in [6, 6.07) is -0.925. The maximum atomic E-state index is 13.2. The fraction of sp³-hybridized carbons (Fsp3) is 0.703. The van der Waals surface area contributed by atoms with Gasteiger partial charge in [-0.1, -0.05) is 213 Å². The second-order valence-electron chi connectivity index (χ2n) is 20.7. The molecule has 2 fully saturated rings. The average molecular weight is 1100 g/mol. The molecule has 446 valence electrons. The van der Waals surface area contributed by atoms with E-state index in [1.165, 1.54) is 64.2 Å². The van der Waals surface area contributed by atoms with E-state index < -0.39 is 86.8 Å². The summed E-state index contributed by atoms with van der Waals surface area (Å²) in [5.41, 5.74) is 0. The van der Waals surface area contributed by atoms with Crippen molar-refractivity contribution in [3.8, 4) is 0 Å². The highest BCUT2D eigenvalue weighted by atomic mass is 16.7. The zero-order valence-corrected chi connectivity index (χ0v) is 47.9. The van der Waals surface area contributed by atoms with Gasteiger partial charge in [0.15, 0.2) is 12.6 Å². The summed E-state index contributed by atoms with van der Waals surface area (Å²) in [6.45, 7) is 2.63. The van der Waals surface area contributed by atoms with E-state index in [9.17, 15) is 45.6 Å². The SMILES string of the molecule is CC/C=C\C/C=C\C/C=C\C/C=C\C/C=C\C/C=C\C/C=C\C/C=C\CCCCCCCCCCC(=O)NC(COC1OC(CO)C(OC2OC(CO)C(O)C(O)C2O)C(O)C1O)C(O)/C=C/CCCCCCCCCCC. The van der Waals surface area contributed by atoms with Crippen LogP contribution in [0.1, 0.15) is 194 Å². The Bertz CT molecular complexity index is 1720. The molecule has 9 N–H and O–H groups in total. The van der Waals surface area contributed by atoms with Crippen molar-refractivity contribution < 1.29 is 64.6 Å². The minimum absolute atomic E-state index is 0.255. The Kier molecular flexibility index (Phi) is 43.9.